The summed E-state index contributed by atoms with van der Waals surface area (Å²) >= 11 is 0. The number of rotatable bonds is 22. The molecule has 0 saturated heterocycles. The Bertz CT molecular complexity index is 882. The van der Waals surface area contributed by atoms with Gasteiger partial charge in [-0.3, -0.25) is 0 Å². The van der Waals surface area contributed by atoms with E-state index >= 15 is 0 Å². The van der Waals surface area contributed by atoms with E-state index in [4.69, 9.17) is 8.85 Å². The van der Waals surface area contributed by atoms with E-state index in [0.29, 0.717) is 24.2 Å². The summed E-state index contributed by atoms with van der Waals surface area (Å²) in [5.41, 5.74) is 0. The number of aliphatic hydroxyl groups excluding tert-OH is 1. The van der Waals surface area contributed by atoms with E-state index in [9.17, 15) is 13.5 Å². The summed E-state index contributed by atoms with van der Waals surface area (Å²) in [6.07, 6.45) is 8.05. The molecule has 0 radical (unpaired) electrons. The average molecular weight is 599 g/mol. The van der Waals surface area contributed by atoms with Crippen LogP contribution in [0.2, 0.25) is 36.3 Å². The minimum absolute atomic E-state index is 0.0483. The zero-order valence-electron chi connectivity index (χ0n) is 26.0. The third-order valence-electron chi connectivity index (χ3n) is 8.65. The number of unbranched alkanes of at least 4 members (excludes halogenated alkanes) is 1. The molecule has 1 aromatic rings. The van der Waals surface area contributed by atoms with Crippen molar-refractivity contribution in [2.45, 2.75) is 146 Å². The summed E-state index contributed by atoms with van der Waals surface area (Å²) < 4.78 is 40.4. The van der Waals surface area contributed by atoms with Gasteiger partial charge < -0.3 is 14.0 Å². The van der Waals surface area contributed by atoms with Crippen LogP contribution in [0.5, 0.6) is 0 Å². The van der Waals surface area contributed by atoms with Crippen LogP contribution in [0.25, 0.3) is 0 Å². The minimum Gasteiger partial charge on any atom is -0.414 e. The maximum Gasteiger partial charge on any atom is 0.192 e. The van der Waals surface area contributed by atoms with Crippen molar-refractivity contribution in [2.75, 3.05) is 5.75 Å². The molecule has 5 nitrogen and oxygen atoms in total. The molecule has 226 valence electrons. The molecule has 0 aliphatic carbocycles. The van der Waals surface area contributed by atoms with Crippen molar-refractivity contribution in [3.63, 3.8) is 0 Å². The second kappa shape index (κ2) is 18.6. The molecule has 3 unspecified atom stereocenters. The Morgan fingerprint density at radius 1 is 0.795 bits per heavy atom. The van der Waals surface area contributed by atoms with Crippen LogP contribution in [0.15, 0.2) is 47.4 Å². The van der Waals surface area contributed by atoms with Crippen molar-refractivity contribution in [3.8, 4) is 0 Å². The van der Waals surface area contributed by atoms with Gasteiger partial charge in [-0.2, -0.15) is 0 Å². The number of aliphatic hydroxyl groups is 1. The van der Waals surface area contributed by atoms with E-state index in [-0.39, 0.29) is 18.0 Å². The first-order valence-electron chi connectivity index (χ1n) is 15.6. The molecule has 1 N–H and O–H groups in total. The summed E-state index contributed by atoms with van der Waals surface area (Å²) in [6.45, 7) is 15.5. The molecule has 0 heterocycles. The molecule has 8 heteroatoms. The third-order valence-corrected chi connectivity index (χ3v) is 19.8. The smallest absolute Gasteiger partial charge is 0.192 e. The van der Waals surface area contributed by atoms with Crippen LogP contribution < -0.4 is 0 Å². The standard InChI is InChI=1S/C31H58O5SSi2/c1-8-15-20-28(32)21-19-22-29(35-38(9-2,10-3)11-4)27-30(36-39(12-5,13-6)14-7)25-26-37(33,34)31-23-17-16-18-24-31/h16-19,21,23-24,28-30,32H,8-15,20,22,25-27H2,1-7H3. The van der Waals surface area contributed by atoms with Gasteiger partial charge in [-0.05, 0) is 74.1 Å². The molecule has 1 rings (SSSR count). The summed E-state index contributed by atoms with van der Waals surface area (Å²) in [5.74, 6) is 0.0689. The molecule has 39 heavy (non-hydrogen) atoms. The zero-order valence-corrected chi connectivity index (χ0v) is 28.8. The van der Waals surface area contributed by atoms with Crippen molar-refractivity contribution in [1.82, 2.24) is 0 Å². The Labute approximate surface area is 243 Å². The summed E-state index contributed by atoms with van der Waals surface area (Å²) in [7, 11) is -7.26. The topological polar surface area (TPSA) is 72.8 Å². The highest BCUT2D eigenvalue weighted by atomic mass is 32.2. The van der Waals surface area contributed by atoms with E-state index in [1.807, 2.05) is 12.1 Å². The molecule has 0 amide bonds. The largest absolute Gasteiger partial charge is 0.414 e. The fraction of sp³-hybridized carbons (Fsp3) is 0.742. The first-order chi connectivity index (χ1) is 18.6. The molecule has 0 spiro atoms. The van der Waals surface area contributed by atoms with E-state index < -0.39 is 32.6 Å². The summed E-state index contributed by atoms with van der Waals surface area (Å²) in [4.78, 5) is 0.375. The van der Waals surface area contributed by atoms with Crippen LogP contribution in [0.3, 0.4) is 0 Å². The zero-order chi connectivity index (χ0) is 29.4. The lowest BCUT2D eigenvalue weighted by atomic mass is 10.1. The second-order valence-corrected chi connectivity index (χ2v) is 22.6. The van der Waals surface area contributed by atoms with Crippen LogP contribution in [0.1, 0.15) is 87.0 Å². The molecular formula is C31H58O5SSi2. The maximum absolute atomic E-state index is 13.2. The van der Waals surface area contributed by atoms with Gasteiger partial charge in [0, 0.05) is 6.10 Å². The third kappa shape index (κ3) is 12.3. The molecule has 0 aromatic heterocycles. The normalized spacial score (nSPS) is 15.5. The van der Waals surface area contributed by atoms with Gasteiger partial charge in [0.15, 0.2) is 26.5 Å². The van der Waals surface area contributed by atoms with Gasteiger partial charge in [0.05, 0.1) is 22.9 Å². The lowest BCUT2D eigenvalue weighted by Crippen LogP contribution is -2.44. The predicted octanol–water partition coefficient (Wildman–Crippen LogP) is 8.52. The molecule has 1 aromatic carbocycles. The molecular weight excluding hydrogens is 541 g/mol. The summed E-state index contributed by atoms with van der Waals surface area (Å²) in [6, 6.07) is 15.0. The van der Waals surface area contributed by atoms with Crippen molar-refractivity contribution in [2.24, 2.45) is 0 Å². The Balaban J connectivity index is 3.25. The molecule has 0 saturated carbocycles. The molecule has 0 aliphatic heterocycles. The number of hydrogen-bond donors (Lipinski definition) is 1. The Hall–Kier alpha value is -0.776. The highest BCUT2D eigenvalue weighted by Crippen LogP contribution is 2.31. The van der Waals surface area contributed by atoms with E-state index in [1.165, 1.54) is 0 Å². The Morgan fingerprint density at radius 3 is 1.79 bits per heavy atom. The quantitative estimate of drug-likeness (QED) is 0.107. The van der Waals surface area contributed by atoms with Crippen LogP contribution in [-0.4, -0.2) is 54.2 Å². The SMILES string of the molecule is CCCCC(O)C=CCC(CC(CCS(=O)(=O)c1ccccc1)O[Si](CC)(CC)CC)O[Si](CC)(CC)CC. The average Bonchev–Trinajstić information content (AvgIpc) is 2.96. The van der Waals surface area contributed by atoms with Gasteiger partial charge in [0.2, 0.25) is 0 Å². The summed E-state index contributed by atoms with van der Waals surface area (Å²) in [5, 5.41) is 10.4. The number of sulfone groups is 1. The maximum atomic E-state index is 13.2. The van der Waals surface area contributed by atoms with Crippen molar-refractivity contribution < 1.29 is 22.4 Å². The van der Waals surface area contributed by atoms with Gasteiger partial charge in [0.1, 0.15) is 0 Å². The molecule has 0 fully saturated rings. The lowest BCUT2D eigenvalue weighted by molar-refractivity contribution is 0.0951. The Morgan fingerprint density at radius 2 is 1.31 bits per heavy atom. The van der Waals surface area contributed by atoms with Crippen molar-refractivity contribution >= 4 is 26.5 Å². The van der Waals surface area contributed by atoms with E-state index in [1.54, 1.807) is 24.3 Å². The van der Waals surface area contributed by atoms with E-state index in [2.05, 4.69) is 54.5 Å². The first-order valence-corrected chi connectivity index (χ1v) is 22.3. The van der Waals surface area contributed by atoms with Crippen LogP contribution in [-0.2, 0) is 18.7 Å². The van der Waals surface area contributed by atoms with Gasteiger partial charge >= 0.3 is 0 Å². The van der Waals surface area contributed by atoms with Crippen LogP contribution in [0.4, 0.5) is 0 Å². The van der Waals surface area contributed by atoms with Crippen LogP contribution in [0, 0.1) is 0 Å². The number of benzene rings is 1. The fourth-order valence-corrected chi connectivity index (χ4v) is 12.5. The highest BCUT2D eigenvalue weighted by molar-refractivity contribution is 7.91. The van der Waals surface area contributed by atoms with Crippen molar-refractivity contribution in [3.05, 3.63) is 42.5 Å². The first kappa shape index (κ1) is 36.2. The van der Waals surface area contributed by atoms with E-state index in [0.717, 1.165) is 55.5 Å². The highest BCUT2D eigenvalue weighted by Gasteiger charge is 2.36. The second-order valence-electron chi connectivity index (χ2n) is 11.0. The molecule has 0 bridgehead atoms. The minimum atomic E-state index is -3.40. The van der Waals surface area contributed by atoms with Gasteiger partial charge in [-0.15, -0.1) is 0 Å². The monoisotopic (exact) mass is 598 g/mol. The Kier molecular flexibility index (Phi) is 17.3. The van der Waals surface area contributed by atoms with Crippen molar-refractivity contribution in [1.29, 1.82) is 0 Å². The van der Waals surface area contributed by atoms with Crippen LogP contribution >= 0.6 is 0 Å². The molecule has 0 aliphatic rings. The van der Waals surface area contributed by atoms with Gasteiger partial charge in [-0.1, -0.05) is 91.7 Å². The van der Waals surface area contributed by atoms with Gasteiger partial charge in [0.25, 0.3) is 0 Å². The fourth-order valence-electron chi connectivity index (χ4n) is 5.35. The van der Waals surface area contributed by atoms with Gasteiger partial charge in [-0.25, -0.2) is 8.42 Å². The lowest BCUT2D eigenvalue weighted by Gasteiger charge is -2.38. The number of hydrogen-bond acceptors (Lipinski definition) is 5. The molecule has 3 atom stereocenters. The predicted molar refractivity (Wildman–Crippen MR) is 171 cm³/mol.